The van der Waals surface area contributed by atoms with Gasteiger partial charge in [-0.15, -0.1) is 0 Å². The van der Waals surface area contributed by atoms with Gasteiger partial charge in [-0.2, -0.15) is 0 Å². The van der Waals surface area contributed by atoms with Crippen molar-refractivity contribution in [2.75, 3.05) is 20.2 Å². The van der Waals surface area contributed by atoms with Gasteiger partial charge in [-0.1, -0.05) is 13.0 Å². The smallest absolute Gasteiger partial charge is 0.240 e. The molecule has 19 heavy (non-hydrogen) atoms. The molecule has 1 heterocycles. The summed E-state index contributed by atoms with van der Waals surface area (Å²) in [5, 5.41) is 3.24. The number of benzene rings is 1. The molecule has 0 aromatic heterocycles. The summed E-state index contributed by atoms with van der Waals surface area (Å²) >= 11 is 3.47. The third kappa shape index (κ3) is 3.28. The molecule has 0 radical (unpaired) electrons. The standard InChI is InChI=1S/C14H19BrN2O2/c1-3-12-14(18)17(7-6-16-12)9-10-4-5-13(19-2)11(15)8-10/h4-5,8,12,16H,3,6-7,9H2,1-2H3. The predicted molar refractivity (Wildman–Crippen MR) is 78.2 cm³/mol. The summed E-state index contributed by atoms with van der Waals surface area (Å²) in [6, 6.07) is 5.90. The van der Waals surface area contributed by atoms with Gasteiger partial charge >= 0.3 is 0 Å². The van der Waals surface area contributed by atoms with Gasteiger partial charge in [-0.3, -0.25) is 4.79 Å². The molecule has 0 bridgehead atoms. The van der Waals surface area contributed by atoms with E-state index in [2.05, 4.69) is 21.2 Å². The molecule has 1 amide bonds. The number of hydrogen-bond acceptors (Lipinski definition) is 3. The lowest BCUT2D eigenvalue weighted by Gasteiger charge is -2.32. The third-order valence-electron chi connectivity index (χ3n) is 3.38. The molecule has 1 atom stereocenters. The molecule has 1 fully saturated rings. The first-order valence-corrected chi connectivity index (χ1v) is 7.29. The fourth-order valence-electron chi connectivity index (χ4n) is 2.30. The minimum Gasteiger partial charge on any atom is -0.496 e. The molecule has 1 N–H and O–H groups in total. The number of hydrogen-bond donors (Lipinski definition) is 1. The van der Waals surface area contributed by atoms with Crippen LogP contribution >= 0.6 is 15.9 Å². The van der Waals surface area contributed by atoms with E-state index in [0.717, 1.165) is 35.3 Å². The topological polar surface area (TPSA) is 41.6 Å². The second-order valence-electron chi connectivity index (χ2n) is 4.64. The Bertz CT molecular complexity index is 465. The lowest BCUT2D eigenvalue weighted by atomic mass is 10.1. The van der Waals surface area contributed by atoms with Crippen LogP contribution in [0.3, 0.4) is 0 Å². The highest BCUT2D eigenvalue weighted by Gasteiger charge is 2.26. The lowest BCUT2D eigenvalue weighted by Crippen LogP contribution is -2.54. The van der Waals surface area contributed by atoms with Crippen molar-refractivity contribution in [1.29, 1.82) is 0 Å². The summed E-state index contributed by atoms with van der Waals surface area (Å²) < 4.78 is 6.13. The average Bonchev–Trinajstić information content (AvgIpc) is 2.41. The first-order chi connectivity index (χ1) is 9.15. The number of halogens is 1. The summed E-state index contributed by atoms with van der Waals surface area (Å²) in [5.41, 5.74) is 1.11. The van der Waals surface area contributed by atoms with Crippen LogP contribution in [-0.4, -0.2) is 37.0 Å². The zero-order valence-corrected chi connectivity index (χ0v) is 12.9. The van der Waals surface area contributed by atoms with E-state index in [1.54, 1.807) is 7.11 Å². The van der Waals surface area contributed by atoms with E-state index in [9.17, 15) is 4.79 Å². The maximum absolute atomic E-state index is 12.2. The number of methoxy groups -OCH3 is 1. The quantitative estimate of drug-likeness (QED) is 0.922. The normalized spacial score (nSPS) is 19.6. The van der Waals surface area contributed by atoms with Gasteiger partial charge in [0.1, 0.15) is 5.75 Å². The zero-order valence-electron chi connectivity index (χ0n) is 11.3. The van der Waals surface area contributed by atoms with Gasteiger partial charge in [-0.05, 0) is 40.0 Å². The second kappa shape index (κ2) is 6.39. The van der Waals surface area contributed by atoms with Crippen LogP contribution < -0.4 is 10.1 Å². The minimum atomic E-state index is -0.0320. The van der Waals surface area contributed by atoms with Crippen LogP contribution in [0.25, 0.3) is 0 Å². The molecular weight excluding hydrogens is 308 g/mol. The summed E-state index contributed by atoms with van der Waals surface area (Å²) in [7, 11) is 1.64. The second-order valence-corrected chi connectivity index (χ2v) is 5.50. The maximum atomic E-state index is 12.2. The number of nitrogens with one attached hydrogen (secondary N) is 1. The van der Waals surface area contributed by atoms with Gasteiger partial charge in [0.2, 0.25) is 5.91 Å². The Labute approximate surface area is 122 Å². The van der Waals surface area contributed by atoms with E-state index < -0.39 is 0 Å². The third-order valence-corrected chi connectivity index (χ3v) is 4.00. The van der Waals surface area contributed by atoms with Crippen LogP contribution in [0, 0.1) is 0 Å². The molecule has 5 heteroatoms. The predicted octanol–water partition coefficient (Wildman–Crippen LogP) is 2.17. The van der Waals surface area contributed by atoms with Crippen molar-refractivity contribution in [3.63, 3.8) is 0 Å². The highest BCUT2D eigenvalue weighted by atomic mass is 79.9. The van der Waals surface area contributed by atoms with Crippen molar-refractivity contribution in [2.24, 2.45) is 0 Å². The largest absolute Gasteiger partial charge is 0.496 e. The van der Waals surface area contributed by atoms with Crippen LogP contribution in [-0.2, 0) is 11.3 Å². The molecule has 0 spiro atoms. The van der Waals surface area contributed by atoms with E-state index in [-0.39, 0.29) is 11.9 Å². The van der Waals surface area contributed by atoms with Gasteiger partial charge in [-0.25, -0.2) is 0 Å². The monoisotopic (exact) mass is 326 g/mol. The average molecular weight is 327 g/mol. The molecule has 1 aromatic carbocycles. The summed E-state index contributed by atoms with van der Waals surface area (Å²) in [6.45, 7) is 4.31. The zero-order chi connectivity index (χ0) is 13.8. The number of carbonyl (C=O) groups is 1. The SMILES string of the molecule is CCC1NCCN(Cc2ccc(OC)c(Br)c2)C1=O. The van der Waals surface area contributed by atoms with Gasteiger partial charge in [0.25, 0.3) is 0 Å². The Morgan fingerprint density at radius 1 is 1.53 bits per heavy atom. The molecule has 104 valence electrons. The Morgan fingerprint density at radius 2 is 2.32 bits per heavy atom. The van der Waals surface area contributed by atoms with E-state index in [1.807, 2.05) is 30.0 Å². The van der Waals surface area contributed by atoms with Crippen molar-refractivity contribution in [3.05, 3.63) is 28.2 Å². The number of rotatable bonds is 4. The van der Waals surface area contributed by atoms with E-state index in [4.69, 9.17) is 4.74 Å². The van der Waals surface area contributed by atoms with E-state index in [0.29, 0.717) is 6.54 Å². The maximum Gasteiger partial charge on any atom is 0.240 e. The summed E-state index contributed by atoms with van der Waals surface area (Å²) in [4.78, 5) is 14.1. The fourth-order valence-corrected chi connectivity index (χ4v) is 2.88. The van der Waals surface area contributed by atoms with Gasteiger partial charge in [0.05, 0.1) is 17.6 Å². The van der Waals surface area contributed by atoms with Crippen LogP contribution in [0.4, 0.5) is 0 Å². The molecular formula is C14H19BrN2O2. The number of amides is 1. The Kier molecular flexibility index (Phi) is 4.82. The molecule has 1 aromatic rings. The highest BCUT2D eigenvalue weighted by molar-refractivity contribution is 9.10. The van der Waals surface area contributed by atoms with Gasteiger partial charge in [0.15, 0.2) is 0 Å². The number of nitrogens with zero attached hydrogens (tertiary/aromatic N) is 1. The number of ether oxygens (including phenoxy) is 1. The first-order valence-electron chi connectivity index (χ1n) is 6.50. The molecule has 1 unspecified atom stereocenters. The lowest BCUT2D eigenvalue weighted by molar-refractivity contribution is -0.136. The molecule has 1 saturated heterocycles. The molecule has 4 nitrogen and oxygen atoms in total. The number of carbonyl (C=O) groups excluding carboxylic acids is 1. The molecule has 0 saturated carbocycles. The van der Waals surface area contributed by atoms with Crippen molar-refractivity contribution in [1.82, 2.24) is 10.2 Å². The fraction of sp³-hybridized carbons (Fsp3) is 0.500. The van der Waals surface area contributed by atoms with Crippen molar-refractivity contribution in [3.8, 4) is 5.75 Å². The molecule has 2 rings (SSSR count). The highest BCUT2D eigenvalue weighted by Crippen LogP contribution is 2.26. The molecule has 1 aliphatic heterocycles. The number of piperazine rings is 1. The Hall–Kier alpha value is -1.07. The summed E-state index contributed by atoms with van der Waals surface area (Å²) in [6.07, 6.45) is 0.835. The van der Waals surface area contributed by atoms with Crippen molar-refractivity contribution < 1.29 is 9.53 Å². The van der Waals surface area contributed by atoms with Crippen LogP contribution in [0.5, 0.6) is 5.75 Å². The van der Waals surface area contributed by atoms with Crippen LogP contribution in [0.2, 0.25) is 0 Å². The van der Waals surface area contributed by atoms with Crippen LogP contribution in [0.15, 0.2) is 22.7 Å². The summed E-state index contributed by atoms with van der Waals surface area (Å²) in [5.74, 6) is 1.00. The Balaban J connectivity index is 2.08. The minimum absolute atomic E-state index is 0.0320. The molecule has 0 aliphatic carbocycles. The first kappa shape index (κ1) is 14.3. The van der Waals surface area contributed by atoms with E-state index >= 15 is 0 Å². The van der Waals surface area contributed by atoms with Crippen LogP contribution in [0.1, 0.15) is 18.9 Å². The van der Waals surface area contributed by atoms with Crippen molar-refractivity contribution >= 4 is 21.8 Å². The van der Waals surface area contributed by atoms with E-state index in [1.165, 1.54) is 0 Å². The van der Waals surface area contributed by atoms with Gasteiger partial charge in [0, 0.05) is 19.6 Å². The van der Waals surface area contributed by atoms with Gasteiger partial charge < -0.3 is 15.0 Å². The Morgan fingerprint density at radius 3 is 2.95 bits per heavy atom. The molecule has 1 aliphatic rings. The van der Waals surface area contributed by atoms with Crippen molar-refractivity contribution in [2.45, 2.75) is 25.9 Å².